The van der Waals surface area contributed by atoms with Crippen LogP contribution in [0.2, 0.25) is 0 Å². The Balaban J connectivity index is 2.16. The van der Waals surface area contributed by atoms with Gasteiger partial charge in [-0.2, -0.15) is 0 Å². The third kappa shape index (κ3) is 4.59. The summed E-state index contributed by atoms with van der Waals surface area (Å²) in [6.45, 7) is 0. The Kier molecular flexibility index (Phi) is 4.64. The molecule has 11 heteroatoms. The monoisotopic (exact) mass is 362 g/mol. The fraction of sp³-hybridized carbons (Fsp3) is 0.0769. The Hall–Kier alpha value is -2.82. The molecule has 0 aliphatic heterocycles. The molecule has 0 radical (unpaired) electrons. The number of nitro benzene ring substituents is 1. The number of rotatable bonds is 5. The quantitative estimate of drug-likeness (QED) is 0.650. The van der Waals surface area contributed by atoms with Crippen molar-refractivity contribution in [3.8, 4) is 5.75 Å². The van der Waals surface area contributed by atoms with Gasteiger partial charge in [-0.05, 0) is 36.4 Å². The molecule has 0 saturated carbocycles. The lowest BCUT2D eigenvalue weighted by molar-refractivity contribution is -0.384. The number of alkyl halides is 3. The van der Waals surface area contributed by atoms with E-state index in [-0.39, 0.29) is 16.3 Å². The summed E-state index contributed by atoms with van der Waals surface area (Å²) in [5, 5.41) is 10.5. The summed E-state index contributed by atoms with van der Waals surface area (Å²) in [6.07, 6.45) is -4.88. The summed E-state index contributed by atoms with van der Waals surface area (Å²) in [6, 6.07) is 8.20. The first-order chi connectivity index (χ1) is 11.1. The van der Waals surface area contributed by atoms with Gasteiger partial charge in [0.05, 0.1) is 9.82 Å². The summed E-state index contributed by atoms with van der Waals surface area (Å²) >= 11 is 0. The summed E-state index contributed by atoms with van der Waals surface area (Å²) in [7, 11) is -4.06. The predicted octanol–water partition coefficient (Wildman–Crippen LogP) is 3.29. The van der Waals surface area contributed by atoms with Gasteiger partial charge in [-0.25, -0.2) is 8.42 Å². The van der Waals surface area contributed by atoms with Crippen LogP contribution in [0.3, 0.4) is 0 Å². The molecule has 0 aliphatic carbocycles. The Morgan fingerprint density at radius 3 is 2.00 bits per heavy atom. The van der Waals surface area contributed by atoms with Crippen molar-refractivity contribution in [1.29, 1.82) is 0 Å². The van der Waals surface area contributed by atoms with E-state index in [4.69, 9.17) is 0 Å². The highest BCUT2D eigenvalue weighted by Crippen LogP contribution is 2.25. The second-order valence-electron chi connectivity index (χ2n) is 4.43. The van der Waals surface area contributed by atoms with Crippen LogP contribution in [0.25, 0.3) is 0 Å². The van der Waals surface area contributed by atoms with Crippen LogP contribution in [0.5, 0.6) is 5.75 Å². The van der Waals surface area contributed by atoms with Crippen molar-refractivity contribution in [2.24, 2.45) is 0 Å². The Labute approximate surface area is 133 Å². The van der Waals surface area contributed by atoms with E-state index >= 15 is 0 Å². The zero-order valence-electron chi connectivity index (χ0n) is 11.6. The molecule has 0 fully saturated rings. The molecule has 0 atom stereocenters. The lowest BCUT2D eigenvalue weighted by Gasteiger charge is -2.10. The molecule has 0 unspecified atom stereocenters. The maximum absolute atomic E-state index is 12.1. The highest BCUT2D eigenvalue weighted by molar-refractivity contribution is 7.92. The second kappa shape index (κ2) is 6.35. The summed E-state index contributed by atoms with van der Waals surface area (Å²) < 4.78 is 66.2. The van der Waals surface area contributed by atoms with Gasteiger partial charge >= 0.3 is 6.36 Å². The van der Waals surface area contributed by atoms with Gasteiger partial charge in [-0.15, -0.1) is 13.2 Å². The molecule has 1 N–H and O–H groups in total. The van der Waals surface area contributed by atoms with E-state index in [1.165, 1.54) is 12.1 Å². The van der Waals surface area contributed by atoms with Crippen molar-refractivity contribution in [2.75, 3.05) is 4.72 Å². The number of anilines is 1. The van der Waals surface area contributed by atoms with Gasteiger partial charge in [-0.1, -0.05) is 0 Å². The third-order valence-corrected chi connectivity index (χ3v) is 4.10. The van der Waals surface area contributed by atoms with Crippen LogP contribution in [-0.4, -0.2) is 19.7 Å². The molecule has 0 aromatic heterocycles. The van der Waals surface area contributed by atoms with Crippen molar-refractivity contribution in [3.05, 3.63) is 58.6 Å². The molecule has 0 spiro atoms. The van der Waals surface area contributed by atoms with E-state index in [1.807, 2.05) is 0 Å². The van der Waals surface area contributed by atoms with Crippen molar-refractivity contribution >= 4 is 21.4 Å². The maximum Gasteiger partial charge on any atom is 0.573 e. The lowest BCUT2D eigenvalue weighted by Crippen LogP contribution is -2.17. The summed E-state index contributed by atoms with van der Waals surface area (Å²) in [5.74, 6) is -0.559. The molecule has 128 valence electrons. The third-order valence-electron chi connectivity index (χ3n) is 2.70. The van der Waals surface area contributed by atoms with Crippen LogP contribution in [0.15, 0.2) is 53.4 Å². The first-order valence-electron chi connectivity index (χ1n) is 6.20. The highest BCUT2D eigenvalue weighted by Gasteiger charge is 2.31. The van der Waals surface area contributed by atoms with Crippen LogP contribution in [-0.2, 0) is 10.0 Å². The SMILES string of the molecule is O=[N+]([O-])c1ccc(NS(=O)(=O)c2ccc(OC(F)(F)F)cc2)cc1. The minimum Gasteiger partial charge on any atom is -0.406 e. The number of hydrogen-bond donors (Lipinski definition) is 1. The fourth-order valence-electron chi connectivity index (χ4n) is 1.69. The number of benzene rings is 2. The first kappa shape index (κ1) is 17.5. The molecule has 7 nitrogen and oxygen atoms in total. The van der Waals surface area contributed by atoms with Crippen LogP contribution in [0, 0.1) is 10.1 Å². The van der Waals surface area contributed by atoms with Gasteiger partial charge in [0.1, 0.15) is 5.75 Å². The van der Waals surface area contributed by atoms with Crippen molar-refractivity contribution < 1.29 is 31.2 Å². The van der Waals surface area contributed by atoms with Gasteiger partial charge in [0, 0.05) is 17.8 Å². The zero-order chi connectivity index (χ0) is 18.0. The summed E-state index contributed by atoms with van der Waals surface area (Å²) in [4.78, 5) is 9.59. The van der Waals surface area contributed by atoms with E-state index in [2.05, 4.69) is 9.46 Å². The molecular formula is C13H9F3N2O5S. The minimum atomic E-state index is -4.88. The van der Waals surface area contributed by atoms with E-state index in [0.717, 1.165) is 36.4 Å². The first-order valence-corrected chi connectivity index (χ1v) is 7.68. The fourth-order valence-corrected chi connectivity index (χ4v) is 2.74. The Morgan fingerprint density at radius 1 is 1.00 bits per heavy atom. The predicted molar refractivity (Wildman–Crippen MR) is 77.0 cm³/mol. The number of halogens is 3. The molecule has 2 aromatic carbocycles. The minimum absolute atomic E-state index is 0.0659. The smallest absolute Gasteiger partial charge is 0.406 e. The van der Waals surface area contributed by atoms with E-state index in [9.17, 15) is 31.7 Å². The zero-order valence-corrected chi connectivity index (χ0v) is 12.5. The average Bonchev–Trinajstić information content (AvgIpc) is 2.46. The van der Waals surface area contributed by atoms with Crippen molar-refractivity contribution in [2.45, 2.75) is 11.3 Å². The summed E-state index contributed by atoms with van der Waals surface area (Å²) in [5.41, 5.74) is -0.150. The number of sulfonamides is 1. The number of hydrogen-bond acceptors (Lipinski definition) is 5. The molecule has 2 rings (SSSR count). The molecule has 2 aromatic rings. The van der Waals surface area contributed by atoms with Gasteiger partial charge in [-0.3, -0.25) is 14.8 Å². The molecule has 24 heavy (non-hydrogen) atoms. The van der Waals surface area contributed by atoms with Gasteiger partial charge in [0.15, 0.2) is 0 Å². The number of ether oxygens (including phenoxy) is 1. The number of nitro groups is 1. The lowest BCUT2D eigenvalue weighted by atomic mass is 10.3. The number of non-ortho nitro benzene ring substituents is 1. The topological polar surface area (TPSA) is 98.5 Å². The van der Waals surface area contributed by atoms with E-state index < -0.39 is 27.1 Å². The van der Waals surface area contributed by atoms with Gasteiger partial charge in [0.2, 0.25) is 0 Å². The van der Waals surface area contributed by atoms with E-state index in [1.54, 1.807) is 0 Å². The van der Waals surface area contributed by atoms with Crippen molar-refractivity contribution in [3.63, 3.8) is 0 Å². The normalized spacial score (nSPS) is 11.8. The highest BCUT2D eigenvalue weighted by atomic mass is 32.2. The molecule has 0 amide bonds. The Morgan fingerprint density at radius 2 is 1.54 bits per heavy atom. The number of nitrogens with one attached hydrogen (secondary N) is 1. The maximum atomic E-state index is 12.1. The molecule has 0 aliphatic rings. The molecular weight excluding hydrogens is 353 g/mol. The van der Waals surface area contributed by atoms with E-state index in [0.29, 0.717) is 0 Å². The Bertz CT molecular complexity index is 833. The van der Waals surface area contributed by atoms with Crippen LogP contribution >= 0.6 is 0 Å². The molecule has 0 heterocycles. The molecule has 0 saturated heterocycles. The average molecular weight is 362 g/mol. The van der Waals surface area contributed by atoms with Crippen LogP contribution in [0.4, 0.5) is 24.5 Å². The standard InChI is InChI=1S/C13H9F3N2O5S/c14-13(15,16)23-11-5-7-12(8-6-11)24(21,22)17-9-1-3-10(4-2-9)18(19)20/h1-8,17H. The van der Waals surface area contributed by atoms with Gasteiger partial charge in [0.25, 0.3) is 15.7 Å². The molecule has 0 bridgehead atoms. The van der Waals surface area contributed by atoms with Gasteiger partial charge < -0.3 is 4.74 Å². The van der Waals surface area contributed by atoms with Crippen molar-refractivity contribution in [1.82, 2.24) is 0 Å². The number of nitrogens with zero attached hydrogens (tertiary/aromatic N) is 1. The largest absolute Gasteiger partial charge is 0.573 e. The van der Waals surface area contributed by atoms with Crippen LogP contribution in [0.1, 0.15) is 0 Å². The van der Waals surface area contributed by atoms with Crippen LogP contribution < -0.4 is 9.46 Å². The second-order valence-corrected chi connectivity index (χ2v) is 6.11.